The zero-order valence-corrected chi connectivity index (χ0v) is 19.0. The normalized spacial score (nSPS) is 16.2. The molecule has 0 radical (unpaired) electrons. The molecule has 2 aromatic heterocycles. The van der Waals surface area contributed by atoms with Gasteiger partial charge in [0.1, 0.15) is 0 Å². The Hall–Kier alpha value is -2.13. The van der Waals surface area contributed by atoms with Crippen molar-refractivity contribution in [3.8, 4) is 0 Å². The van der Waals surface area contributed by atoms with Crippen molar-refractivity contribution in [1.29, 1.82) is 0 Å². The fourth-order valence-corrected chi connectivity index (χ4v) is 4.92. The van der Waals surface area contributed by atoms with Crippen molar-refractivity contribution in [2.75, 3.05) is 0 Å². The highest BCUT2D eigenvalue weighted by atomic mass is 15.0. The molecule has 1 N–H and O–H groups in total. The van der Waals surface area contributed by atoms with E-state index in [2.05, 4.69) is 59.0 Å². The van der Waals surface area contributed by atoms with E-state index in [1.165, 1.54) is 72.7 Å². The first-order valence-electron chi connectivity index (χ1n) is 11.9. The largest absolute Gasteiger partial charge is 0.343 e. The summed E-state index contributed by atoms with van der Waals surface area (Å²) in [7, 11) is 0. The number of pyridine rings is 1. The molecule has 0 aliphatic carbocycles. The van der Waals surface area contributed by atoms with E-state index < -0.39 is 0 Å². The highest BCUT2D eigenvalue weighted by Gasteiger charge is 2.24. The second-order valence-electron chi connectivity index (χ2n) is 9.14. The Morgan fingerprint density at radius 3 is 2.73 bits per heavy atom. The molecule has 4 rings (SSSR count). The number of hydrogen-bond donors (Lipinski definition) is 1. The summed E-state index contributed by atoms with van der Waals surface area (Å²) in [6, 6.07) is 12.0. The van der Waals surface area contributed by atoms with Crippen LogP contribution in [-0.4, -0.2) is 15.6 Å². The first kappa shape index (κ1) is 21.1. The van der Waals surface area contributed by atoms with E-state index in [0.717, 1.165) is 25.2 Å². The van der Waals surface area contributed by atoms with Crippen LogP contribution >= 0.6 is 0 Å². The molecule has 1 atom stereocenters. The van der Waals surface area contributed by atoms with Crippen LogP contribution in [0.25, 0.3) is 10.9 Å². The van der Waals surface area contributed by atoms with Gasteiger partial charge in [0.15, 0.2) is 0 Å². The van der Waals surface area contributed by atoms with Gasteiger partial charge >= 0.3 is 0 Å². The SMILES string of the molecule is CCCCCCCC1Cc2c(n(CCc3ccc(C)nc3)c3ccc(C)cc23)CN1. The standard InChI is InChI=1S/C27H37N3/c1-4-5-6-7-8-9-23-17-25-24-16-20(2)10-13-26(24)30(27(25)19-29-23)15-14-22-12-11-21(3)28-18-22/h10-13,16,18,23,29H,4-9,14-15,17,19H2,1-3H3. The fraction of sp³-hybridized carbons (Fsp3) is 0.519. The van der Waals surface area contributed by atoms with Gasteiger partial charge in [-0.1, -0.05) is 56.7 Å². The topological polar surface area (TPSA) is 29.9 Å². The maximum absolute atomic E-state index is 4.48. The van der Waals surface area contributed by atoms with Crippen LogP contribution < -0.4 is 5.32 Å². The maximum atomic E-state index is 4.48. The Labute approximate surface area is 181 Å². The average Bonchev–Trinajstić information content (AvgIpc) is 3.05. The number of nitrogens with zero attached hydrogens (tertiary/aromatic N) is 2. The Morgan fingerprint density at radius 1 is 1.07 bits per heavy atom. The molecular formula is C27H37N3. The molecule has 1 aromatic carbocycles. The van der Waals surface area contributed by atoms with E-state index in [1.54, 1.807) is 5.56 Å². The van der Waals surface area contributed by atoms with E-state index in [9.17, 15) is 0 Å². The average molecular weight is 404 g/mol. The molecule has 0 fully saturated rings. The first-order chi connectivity index (χ1) is 14.7. The lowest BCUT2D eigenvalue weighted by atomic mass is 9.94. The zero-order chi connectivity index (χ0) is 20.9. The highest BCUT2D eigenvalue weighted by Crippen LogP contribution is 2.32. The summed E-state index contributed by atoms with van der Waals surface area (Å²) < 4.78 is 2.56. The second kappa shape index (κ2) is 9.78. The maximum Gasteiger partial charge on any atom is 0.0486 e. The molecule has 0 amide bonds. The summed E-state index contributed by atoms with van der Waals surface area (Å²) in [4.78, 5) is 4.48. The molecule has 3 aromatic rings. The third-order valence-corrected chi connectivity index (χ3v) is 6.70. The summed E-state index contributed by atoms with van der Waals surface area (Å²) in [6.45, 7) is 8.57. The smallest absolute Gasteiger partial charge is 0.0486 e. The Bertz CT molecular complexity index is 968. The molecule has 30 heavy (non-hydrogen) atoms. The molecule has 1 unspecified atom stereocenters. The Morgan fingerprint density at radius 2 is 1.93 bits per heavy atom. The Balaban J connectivity index is 1.52. The molecule has 1 aliphatic rings. The van der Waals surface area contributed by atoms with Gasteiger partial charge in [-0.15, -0.1) is 0 Å². The van der Waals surface area contributed by atoms with Crippen LogP contribution in [0.3, 0.4) is 0 Å². The number of unbranched alkanes of at least 4 members (excludes halogenated alkanes) is 4. The third kappa shape index (κ3) is 4.78. The number of benzene rings is 1. The van der Waals surface area contributed by atoms with E-state index in [0.29, 0.717) is 6.04 Å². The van der Waals surface area contributed by atoms with Gasteiger partial charge in [-0.25, -0.2) is 0 Å². The van der Waals surface area contributed by atoms with Crippen LogP contribution in [0, 0.1) is 13.8 Å². The molecule has 1 aliphatic heterocycles. The van der Waals surface area contributed by atoms with Crippen LogP contribution in [0.5, 0.6) is 0 Å². The number of fused-ring (bicyclic) bond motifs is 3. The lowest BCUT2D eigenvalue weighted by molar-refractivity contribution is 0.421. The van der Waals surface area contributed by atoms with E-state index >= 15 is 0 Å². The van der Waals surface area contributed by atoms with Crippen molar-refractivity contribution >= 4 is 10.9 Å². The second-order valence-corrected chi connectivity index (χ2v) is 9.14. The number of nitrogens with one attached hydrogen (secondary N) is 1. The predicted octanol–water partition coefficient (Wildman–Crippen LogP) is 6.27. The van der Waals surface area contributed by atoms with Gasteiger partial charge in [0.05, 0.1) is 0 Å². The third-order valence-electron chi connectivity index (χ3n) is 6.70. The number of aryl methyl sites for hydroxylation is 4. The monoisotopic (exact) mass is 403 g/mol. The number of rotatable bonds is 9. The molecule has 160 valence electrons. The summed E-state index contributed by atoms with van der Waals surface area (Å²) in [5, 5.41) is 5.33. The molecule has 0 saturated heterocycles. The van der Waals surface area contributed by atoms with E-state index in [-0.39, 0.29) is 0 Å². The van der Waals surface area contributed by atoms with Crippen LogP contribution in [0.1, 0.15) is 73.5 Å². The molecular weight excluding hydrogens is 366 g/mol. The van der Waals surface area contributed by atoms with Gasteiger partial charge in [-0.05, 0) is 62.4 Å². The fourth-order valence-electron chi connectivity index (χ4n) is 4.92. The minimum Gasteiger partial charge on any atom is -0.343 e. The van der Waals surface area contributed by atoms with Gasteiger partial charge in [-0.2, -0.15) is 0 Å². The van der Waals surface area contributed by atoms with Crippen molar-refractivity contribution in [1.82, 2.24) is 14.9 Å². The summed E-state index contributed by atoms with van der Waals surface area (Å²) in [5.41, 5.74) is 8.25. The quantitative estimate of drug-likeness (QED) is 0.427. The van der Waals surface area contributed by atoms with Crippen LogP contribution in [0.15, 0.2) is 36.5 Å². The van der Waals surface area contributed by atoms with Crippen molar-refractivity contribution in [2.45, 2.75) is 91.3 Å². The van der Waals surface area contributed by atoms with Gasteiger partial charge in [0.2, 0.25) is 0 Å². The summed E-state index contributed by atoms with van der Waals surface area (Å²) in [5.74, 6) is 0. The van der Waals surface area contributed by atoms with Gasteiger partial charge in [-0.3, -0.25) is 4.98 Å². The van der Waals surface area contributed by atoms with Gasteiger partial charge in [0, 0.05) is 47.6 Å². The van der Waals surface area contributed by atoms with E-state index in [4.69, 9.17) is 0 Å². The molecule has 3 heterocycles. The minimum atomic E-state index is 0.625. The summed E-state index contributed by atoms with van der Waals surface area (Å²) in [6.07, 6.45) is 12.4. The molecule has 3 nitrogen and oxygen atoms in total. The molecule has 3 heteroatoms. The van der Waals surface area contributed by atoms with Crippen molar-refractivity contribution in [2.24, 2.45) is 0 Å². The van der Waals surface area contributed by atoms with Crippen molar-refractivity contribution < 1.29 is 0 Å². The number of hydrogen-bond acceptors (Lipinski definition) is 2. The number of aromatic nitrogens is 2. The highest BCUT2D eigenvalue weighted by molar-refractivity contribution is 5.86. The van der Waals surface area contributed by atoms with Crippen molar-refractivity contribution in [3.63, 3.8) is 0 Å². The Kier molecular flexibility index (Phi) is 6.89. The van der Waals surface area contributed by atoms with E-state index in [1.807, 2.05) is 13.1 Å². The van der Waals surface area contributed by atoms with Crippen LogP contribution in [0.4, 0.5) is 0 Å². The zero-order valence-electron chi connectivity index (χ0n) is 19.0. The summed E-state index contributed by atoms with van der Waals surface area (Å²) >= 11 is 0. The van der Waals surface area contributed by atoms with Crippen molar-refractivity contribution in [3.05, 3.63) is 64.6 Å². The first-order valence-corrected chi connectivity index (χ1v) is 11.9. The lowest BCUT2D eigenvalue weighted by Crippen LogP contribution is -2.36. The molecule has 0 spiro atoms. The lowest BCUT2D eigenvalue weighted by Gasteiger charge is -2.26. The predicted molar refractivity (Wildman–Crippen MR) is 127 cm³/mol. The van der Waals surface area contributed by atoms with Gasteiger partial charge < -0.3 is 9.88 Å². The van der Waals surface area contributed by atoms with Gasteiger partial charge in [0.25, 0.3) is 0 Å². The minimum absolute atomic E-state index is 0.625. The van der Waals surface area contributed by atoms with Crippen LogP contribution in [0.2, 0.25) is 0 Å². The van der Waals surface area contributed by atoms with Crippen LogP contribution in [-0.2, 0) is 25.9 Å². The molecule has 0 bridgehead atoms. The molecule has 0 saturated carbocycles.